The molecule has 0 aliphatic heterocycles. The molecule has 8 aromatic rings. The van der Waals surface area contributed by atoms with Crippen molar-refractivity contribution in [3.8, 4) is 5.69 Å². The maximum absolute atomic E-state index is 6.66. The molecule has 0 saturated heterocycles. The van der Waals surface area contributed by atoms with Gasteiger partial charge in [0.25, 0.3) is 0 Å². The first-order valence-corrected chi connectivity index (χ1v) is 14.7. The highest BCUT2D eigenvalue weighted by atomic mass is 16.3. The van der Waals surface area contributed by atoms with E-state index in [2.05, 4.69) is 102 Å². The summed E-state index contributed by atoms with van der Waals surface area (Å²) in [5.74, 6) is 0.521. The van der Waals surface area contributed by atoms with Gasteiger partial charge < -0.3 is 14.7 Å². The number of nitrogens with zero attached hydrogens (tertiary/aromatic N) is 3. The number of aromatic nitrogens is 1. The standard InChI is InChI=1S/C39H28N4O/c40-25-41-39(42-37(26-13-3-1-4-14-26)27-15-5-2-6-16-27)31-23-24-34(36-30-19-9-12-22-35(30)44-38(31)36)43-32-20-10-7-17-28(32)29-18-8-11-21-33(29)43/h1-24H,25,40H2/b41-39-. The second kappa shape index (κ2) is 10.8. The zero-order valence-corrected chi connectivity index (χ0v) is 23.9. The summed E-state index contributed by atoms with van der Waals surface area (Å²) >= 11 is 0. The molecular formula is C39H28N4O. The van der Waals surface area contributed by atoms with Crippen LogP contribution in [-0.2, 0) is 0 Å². The molecule has 0 amide bonds. The van der Waals surface area contributed by atoms with Crippen LogP contribution >= 0.6 is 0 Å². The molecule has 44 heavy (non-hydrogen) atoms. The molecule has 0 aliphatic carbocycles. The first-order chi connectivity index (χ1) is 21.8. The lowest BCUT2D eigenvalue weighted by Gasteiger charge is -2.13. The fourth-order valence-corrected chi connectivity index (χ4v) is 6.22. The maximum Gasteiger partial charge on any atom is 0.160 e. The molecule has 0 fully saturated rings. The van der Waals surface area contributed by atoms with Crippen molar-refractivity contribution in [2.75, 3.05) is 6.67 Å². The molecular weight excluding hydrogens is 540 g/mol. The fraction of sp³-hybridized carbons (Fsp3) is 0.0256. The highest BCUT2D eigenvalue weighted by Crippen LogP contribution is 2.40. The van der Waals surface area contributed by atoms with Crippen LogP contribution < -0.4 is 5.73 Å². The number of amidine groups is 1. The monoisotopic (exact) mass is 568 g/mol. The Morgan fingerprint density at radius 3 is 1.75 bits per heavy atom. The van der Waals surface area contributed by atoms with Crippen LogP contribution in [0.15, 0.2) is 160 Å². The Bertz CT molecular complexity index is 2270. The summed E-state index contributed by atoms with van der Waals surface area (Å²) in [4.78, 5) is 9.95. The third kappa shape index (κ3) is 4.22. The fourth-order valence-electron chi connectivity index (χ4n) is 6.22. The van der Waals surface area contributed by atoms with Crippen molar-refractivity contribution in [1.82, 2.24) is 4.57 Å². The van der Waals surface area contributed by atoms with E-state index in [0.29, 0.717) is 5.84 Å². The van der Waals surface area contributed by atoms with Gasteiger partial charge in [-0.1, -0.05) is 115 Å². The Labute approximate surface area is 254 Å². The van der Waals surface area contributed by atoms with Gasteiger partial charge in [0, 0.05) is 27.3 Å². The third-order valence-electron chi connectivity index (χ3n) is 8.12. The summed E-state index contributed by atoms with van der Waals surface area (Å²) in [6.45, 7) is 0.0893. The van der Waals surface area contributed by atoms with Gasteiger partial charge in [0.2, 0.25) is 0 Å². The van der Waals surface area contributed by atoms with Crippen LogP contribution in [0.2, 0.25) is 0 Å². The van der Waals surface area contributed by atoms with E-state index in [0.717, 1.165) is 61.1 Å². The van der Waals surface area contributed by atoms with Crippen LogP contribution in [0.5, 0.6) is 0 Å². The molecule has 2 N–H and O–H groups in total. The lowest BCUT2D eigenvalue weighted by Crippen LogP contribution is -2.11. The number of furan rings is 1. The Balaban J connectivity index is 1.43. The molecule has 0 saturated carbocycles. The second-order valence-corrected chi connectivity index (χ2v) is 10.7. The van der Waals surface area contributed by atoms with Crippen LogP contribution in [0.25, 0.3) is 49.4 Å². The van der Waals surface area contributed by atoms with Crippen LogP contribution in [0.4, 0.5) is 0 Å². The summed E-state index contributed by atoms with van der Waals surface area (Å²) < 4.78 is 9.00. The van der Waals surface area contributed by atoms with E-state index < -0.39 is 0 Å². The average Bonchev–Trinajstić information content (AvgIpc) is 3.64. The normalized spacial score (nSPS) is 12.0. The van der Waals surface area contributed by atoms with Crippen molar-refractivity contribution < 1.29 is 4.42 Å². The summed E-state index contributed by atoms with van der Waals surface area (Å²) in [6, 6.07) is 49.8. The van der Waals surface area contributed by atoms with E-state index >= 15 is 0 Å². The van der Waals surface area contributed by atoms with Crippen molar-refractivity contribution in [2.24, 2.45) is 15.7 Å². The van der Waals surface area contributed by atoms with Gasteiger partial charge in [-0.05, 0) is 30.3 Å². The van der Waals surface area contributed by atoms with Gasteiger partial charge in [0.05, 0.1) is 40.1 Å². The SMILES string of the molecule is NC/N=C(\N=C(c1ccccc1)c1ccccc1)c1ccc(-n2c3ccccc3c3ccccc32)c2c1oc1ccccc12. The molecule has 210 valence electrons. The predicted molar refractivity (Wildman–Crippen MR) is 182 cm³/mol. The van der Waals surface area contributed by atoms with Gasteiger partial charge >= 0.3 is 0 Å². The van der Waals surface area contributed by atoms with E-state index in [9.17, 15) is 0 Å². The Morgan fingerprint density at radius 1 is 0.591 bits per heavy atom. The van der Waals surface area contributed by atoms with Gasteiger partial charge in [-0.25, -0.2) is 4.99 Å². The van der Waals surface area contributed by atoms with E-state index in [1.165, 1.54) is 10.8 Å². The number of hydrogen-bond donors (Lipinski definition) is 1. The van der Waals surface area contributed by atoms with Gasteiger partial charge in [0.15, 0.2) is 5.84 Å². The lowest BCUT2D eigenvalue weighted by atomic mass is 10.0. The van der Waals surface area contributed by atoms with Gasteiger partial charge in [0.1, 0.15) is 11.2 Å². The minimum atomic E-state index is 0.0893. The van der Waals surface area contributed by atoms with Crippen LogP contribution in [0, 0.1) is 0 Å². The quantitative estimate of drug-likeness (QED) is 0.166. The summed E-state index contributed by atoms with van der Waals surface area (Å²) in [7, 11) is 0. The Morgan fingerprint density at radius 2 is 1.14 bits per heavy atom. The molecule has 0 unspecified atom stereocenters. The van der Waals surface area contributed by atoms with E-state index in [4.69, 9.17) is 20.1 Å². The largest absolute Gasteiger partial charge is 0.455 e. The van der Waals surface area contributed by atoms with E-state index in [1.807, 2.05) is 48.5 Å². The highest BCUT2D eigenvalue weighted by Gasteiger charge is 2.22. The minimum Gasteiger partial charge on any atom is -0.455 e. The summed E-state index contributed by atoms with van der Waals surface area (Å²) in [5, 5.41) is 4.45. The van der Waals surface area contributed by atoms with E-state index in [-0.39, 0.29) is 6.67 Å². The van der Waals surface area contributed by atoms with Crippen molar-refractivity contribution in [1.29, 1.82) is 0 Å². The average molecular weight is 569 g/mol. The highest BCUT2D eigenvalue weighted by molar-refractivity contribution is 6.24. The molecule has 2 heterocycles. The molecule has 0 bridgehead atoms. The topological polar surface area (TPSA) is 68.8 Å². The van der Waals surface area contributed by atoms with Gasteiger partial charge in [-0.3, -0.25) is 4.99 Å². The Hall–Kier alpha value is -5.78. The second-order valence-electron chi connectivity index (χ2n) is 10.7. The molecule has 8 rings (SSSR count). The predicted octanol–water partition coefficient (Wildman–Crippen LogP) is 8.88. The molecule has 5 nitrogen and oxygen atoms in total. The maximum atomic E-state index is 6.66. The van der Waals surface area contributed by atoms with Gasteiger partial charge in [-0.15, -0.1) is 0 Å². The molecule has 5 heteroatoms. The molecule has 0 atom stereocenters. The molecule has 0 radical (unpaired) electrons. The van der Waals surface area contributed by atoms with Crippen molar-refractivity contribution in [2.45, 2.75) is 0 Å². The minimum absolute atomic E-state index is 0.0893. The Kier molecular flexibility index (Phi) is 6.36. The summed E-state index contributed by atoms with van der Waals surface area (Å²) in [5.41, 5.74) is 14.5. The molecule has 2 aromatic heterocycles. The first-order valence-electron chi connectivity index (χ1n) is 14.7. The number of para-hydroxylation sites is 3. The van der Waals surface area contributed by atoms with E-state index in [1.54, 1.807) is 0 Å². The molecule has 0 aliphatic rings. The molecule has 0 spiro atoms. The smallest absolute Gasteiger partial charge is 0.160 e. The van der Waals surface area contributed by atoms with Crippen LogP contribution in [-0.4, -0.2) is 22.8 Å². The number of benzene rings is 6. The van der Waals surface area contributed by atoms with Gasteiger partial charge in [-0.2, -0.15) is 0 Å². The third-order valence-corrected chi connectivity index (χ3v) is 8.12. The first kappa shape index (κ1) is 25.9. The number of nitrogens with two attached hydrogens (primary N) is 1. The van der Waals surface area contributed by atoms with Crippen molar-refractivity contribution >= 4 is 55.3 Å². The lowest BCUT2D eigenvalue weighted by molar-refractivity contribution is 0.668. The number of rotatable bonds is 5. The zero-order chi connectivity index (χ0) is 29.5. The van der Waals surface area contributed by atoms with Crippen molar-refractivity contribution in [3.63, 3.8) is 0 Å². The number of aliphatic imine (C=N–C) groups is 2. The van der Waals surface area contributed by atoms with Crippen LogP contribution in [0.1, 0.15) is 16.7 Å². The summed E-state index contributed by atoms with van der Waals surface area (Å²) in [6.07, 6.45) is 0. The number of hydrogen-bond acceptors (Lipinski definition) is 3. The van der Waals surface area contributed by atoms with Crippen molar-refractivity contribution in [3.05, 3.63) is 162 Å². The zero-order valence-electron chi connectivity index (χ0n) is 23.9. The molecule has 6 aromatic carbocycles. The van der Waals surface area contributed by atoms with Crippen LogP contribution in [0.3, 0.4) is 0 Å². The number of fused-ring (bicyclic) bond motifs is 6.